The smallest absolute Gasteiger partial charge is 0.257 e. The second kappa shape index (κ2) is 5.08. The molecule has 0 radical (unpaired) electrons. The van der Waals surface area contributed by atoms with Gasteiger partial charge in [0.2, 0.25) is 5.91 Å². The van der Waals surface area contributed by atoms with Crippen molar-refractivity contribution in [1.82, 2.24) is 4.90 Å². The number of hydrogen-bond acceptors (Lipinski definition) is 3. The number of carbonyl (C=O) groups excluding carboxylic acids is 2. The molecule has 96 valence electrons. The summed E-state index contributed by atoms with van der Waals surface area (Å²) in [4.78, 5) is 24.9. The SMILES string of the molecule is NC(=O)C1CCCN(C(=O)c2ccccc2O)C1. The monoisotopic (exact) mass is 248 g/mol. The predicted octanol–water partition coefficient (Wildman–Crippen LogP) is 0.730. The van der Waals surface area contributed by atoms with Crippen LogP contribution in [-0.2, 0) is 4.79 Å². The van der Waals surface area contributed by atoms with Crippen LogP contribution in [0.25, 0.3) is 0 Å². The molecule has 5 nitrogen and oxygen atoms in total. The number of benzene rings is 1. The molecule has 18 heavy (non-hydrogen) atoms. The second-order valence-electron chi connectivity index (χ2n) is 4.51. The first-order valence-electron chi connectivity index (χ1n) is 5.96. The molecule has 1 heterocycles. The minimum atomic E-state index is -0.371. The second-order valence-corrected chi connectivity index (χ2v) is 4.51. The number of aromatic hydroxyl groups is 1. The van der Waals surface area contributed by atoms with Crippen LogP contribution in [0, 0.1) is 5.92 Å². The van der Waals surface area contributed by atoms with Crippen LogP contribution < -0.4 is 5.73 Å². The lowest BCUT2D eigenvalue weighted by atomic mass is 9.97. The van der Waals surface area contributed by atoms with Crippen molar-refractivity contribution in [2.75, 3.05) is 13.1 Å². The molecule has 5 heteroatoms. The highest BCUT2D eigenvalue weighted by molar-refractivity contribution is 5.97. The summed E-state index contributed by atoms with van der Waals surface area (Å²) in [6, 6.07) is 6.41. The third-order valence-electron chi connectivity index (χ3n) is 3.25. The summed E-state index contributed by atoms with van der Waals surface area (Å²) in [5.41, 5.74) is 5.54. The average Bonchev–Trinajstić information content (AvgIpc) is 2.38. The van der Waals surface area contributed by atoms with Crippen LogP contribution in [0.15, 0.2) is 24.3 Å². The Morgan fingerprint density at radius 3 is 2.72 bits per heavy atom. The minimum Gasteiger partial charge on any atom is -0.507 e. The van der Waals surface area contributed by atoms with Gasteiger partial charge in [0.25, 0.3) is 5.91 Å². The van der Waals surface area contributed by atoms with E-state index in [2.05, 4.69) is 0 Å². The minimum absolute atomic E-state index is 0.0382. The van der Waals surface area contributed by atoms with E-state index in [0.29, 0.717) is 13.1 Å². The van der Waals surface area contributed by atoms with Crippen LogP contribution in [0.1, 0.15) is 23.2 Å². The van der Waals surface area contributed by atoms with Crippen molar-refractivity contribution < 1.29 is 14.7 Å². The topological polar surface area (TPSA) is 83.6 Å². The van der Waals surface area contributed by atoms with Crippen LogP contribution in [-0.4, -0.2) is 34.9 Å². The third kappa shape index (κ3) is 2.45. The van der Waals surface area contributed by atoms with E-state index in [1.54, 1.807) is 23.1 Å². The van der Waals surface area contributed by atoms with E-state index >= 15 is 0 Å². The first-order chi connectivity index (χ1) is 8.59. The van der Waals surface area contributed by atoms with E-state index in [0.717, 1.165) is 12.8 Å². The Kier molecular flexibility index (Phi) is 3.50. The zero-order chi connectivity index (χ0) is 13.1. The summed E-state index contributed by atoms with van der Waals surface area (Å²) in [5, 5.41) is 9.65. The van der Waals surface area contributed by atoms with E-state index in [1.807, 2.05) is 0 Å². The van der Waals surface area contributed by atoms with Crippen LogP contribution in [0.4, 0.5) is 0 Å². The van der Waals surface area contributed by atoms with Gasteiger partial charge in [0, 0.05) is 13.1 Å². The standard InChI is InChI=1S/C13H16N2O3/c14-12(17)9-4-3-7-15(8-9)13(18)10-5-1-2-6-11(10)16/h1-2,5-6,9,16H,3-4,7-8H2,(H2,14,17). The number of primary amides is 1. The summed E-state index contributed by atoms with van der Waals surface area (Å²) in [6.45, 7) is 0.930. The maximum Gasteiger partial charge on any atom is 0.257 e. The van der Waals surface area contributed by atoms with Gasteiger partial charge in [-0.3, -0.25) is 9.59 Å². The molecule has 1 aromatic rings. The largest absolute Gasteiger partial charge is 0.507 e. The first-order valence-corrected chi connectivity index (χ1v) is 5.96. The van der Waals surface area contributed by atoms with Crippen LogP contribution in [0.2, 0.25) is 0 Å². The normalized spacial score (nSPS) is 19.6. The molecule has 3 N–H and O–H groups in total. The molecule has 0 aliphatic carbocycles. The fourth-order valence-corrected chi connectivity index (χ4v) is 2.22. The molecule has 1 unspecified atom stereocenters. The molecule has 2 rings (SSSR count). The molecule has 0 bridgehead atoms. The number of amides is 2. The molecule has 2 amide bonds. The van der Waals surface area contributed by atoms with Crippen molar-refractivity contribution in [3.05, 3.63) is 29.8 Å². The fraction of sp³-hybridized carbons (Fsp3) is 0.385. The van der Waals surface area contributed by atoms with Gasteiger partial charge in [-0.05, 0) is 25.0 Å². The highest BCUT2D eigenvalue weighted by Gasteiger charge is 2.28. The highest BCUT2D eigenvalue weighted by Crippen LogP contribution is 2.22. The molecule has 1 aromatic carbocycles. The number of likely N-dealkylation sites (tertiary alicyclic amines) is 1. The van der Waals surface area contributed by atoms with Gasteiger partial charge in [-0.25, -0.2) is 0 Å². The maximum absolute atomic E-state index is 12.2. The van der Waals surface area contributed by atoms with Crippen LogP contribution in [0.5, 0.6) is 5.75 Å². The first kappa shape index (κ1) is 12.4. The van der Waals surface area contributed by atoms with Crippen LogP contribution in [0.3, 0.4) is 0 Å². The Labute approximate surface area is 105 Å². The summed E-state index contributed by atoms with van der Waals surface area (Å²) < 4.78 is 0. The van der Waals surface area contributed by atoms with E-state index in [-0.39, 0.29) is 29.0 Å². The maximum atomic E-state index is 12.2. The zero-order valence-electron chi connectivity index (χ0n) is 10.0. The summed E-state index contributed by atoms with van der Waals surface area (Å²) in [7, 11) is 0. The number of piperidine rings is 1. The molecule has 1 aliphatic rings. The number of carbonyl (C=O) groups is 2. The number of nitrogens with zero attached hydrogens (tertiary/aromatic N) is 1. The van der Waals surface area contributed by atoms with Crippen molar-refractivity contribution in [3.8, 4) is 5.75 Å². The summed E-state index contributed by atoms with van der Waals surface area (Å²) in [5.74, 6) is -0.943. The molecule has 1 fully saturated rings. The van der Waals surface area contributed by atoms with Crippen molar-refractivity contribution in [2.45, 2.75) is 12.8 Å². The number of hydrogen-bond donors (Lipinski definition) is 2. The Morgan fingerprint density at radius 2 is 2.06 bits per heavy atom. The van der Waals surface area contributed by atoms with Gasteiger partial charge >= 0.3 is 0 Å². The van der Waals surface area contributed by atoms with Gasteiger partial charge in [-0.15, -0.1) is 0 Å². The Bertz CT molecular complexity index is 473. The van der Waals surface area contributed by atoms with Gasteiger partial charge < -0.3 is 15.7 Å². The number of para-hydroxylation sites is 1. The van der Waals surface area contributed by atoms with Gasteiger partial charge in [-0.1, -0.05) is 12.1 Å². The summed E-state index contributed by atoms with van der Waals surface area (Å²) >= 11 is 0. The fourth-order valence-electron chi connectivity index (χ4n) is 2.22. The zero-order valence-corrected chi connectivity index (χ0v) is 10.0. The van der Waals surface area contributed by atoms with Crippen molar-refractivity contribution >= 4 is 11.8 Å². The van der Waals surface area contributed by atoms with Crippen molar-refractivity contribution in [3.63, 3.8) is 0 Å². The molecule has 0 spiro atoms. The molecular formula is C13H16N2O3. The lowest BCUT2D eigenvalue weighted by Gasteiger charge is -2.31. The third-order valence-corrected chi connectivity index (χ3v) is 3.25. The van der Waals surface area contributed by atoms with Crippen molar-refractivity contribution in [1.29, 1.82) is 0 Å². The van der Waals surface area contributed by atoms with E-state index in [9.17, 15) is 14.7 Å². The molecule has 0 saturated carbocycles. The van der Waals surface area contributed by atoms with Gasteiger partial charge in [0.05, 0.1) is 11.5 Å². The number of phenols is 1. The van der Waals surface area contributed by atoms with Crippen molar-refractivity contribution in [2.24, 2.45) is 11.7 Å². The molecular weight excluding hydrogens is 232 g/mol. The van der Waals surface area contributed by atoms with E-state index < -0.39 is 0 Å². The lowest BCUT2D eigenvalue weighted by Crippen LogP contribution is -2.44. The molecule has 1 saturated heterocycles. The average molecular weight is 248 g/mol. The van der Waals surface area contributed by atoms with Gasteiger partial charge in [-0.2, -0.15) is 0 Å². The molecule has 1 atom stereocenters. The predicted molar refractivity (Wildman–Crippen MR) is 65.9 cm³/mol. The molecule has 0 aromatic heterocycles. The summed E-state index contributed by atoms with van der Waals surface area (Å²) in [6.07, 6.45) is 1.48. The highest BCUT2D eigenvalue weighted by atomic mass is 16.3. The lowest BCUT2D eigenvalue weighted by molar-refractivity contribution is -0.123. The Morgan fingerprint density at radius 1 is 1.33 bits per heavy atom. The molecule has 1 aliphatic heterocycles. The Balaban J connectivity index is 2.14. The van der Waals surface area contributed by atoms with E-state index in [4.69, 9.17) is 5.73 Å². The quantitative estimate of drug-likeness (QED) is 0.809. The number of phenolic OH excluding ortho intramolecular Hbond substituents is 1. The van der Waals surface area contributed by atoms with E-state index in [1.165, 1.54) is 6.07 Å². The van der Waals surface area contributed by atoms with Crippen LogP contribution >= 0.6 is 0 Å². The van der Waals surface area contributed by atoms with Gasteiger partial charge in [0.1, 0.15) is 5.75 Å². The number of nitrogens with two attached hydrogens (primary N) is 1. The van der Waals surface area contributed by atoms with Gasteiger partial charge in [0.15, 0.2) is 0 Å². The Hall–Kier alpha value is -2.04. The number of rotatable bonds is 2.